The highest BCUT2D eigenvalue weighted by Crippen LogP contribution is 2.21. The van der Waals surface area contributed by atoms with E-state index in [-0.39, 0.29) is 0 Å². The summed E-state index contributed by atoms with van der Waals surface area (Å²) in [6.45, 7) is 2.90. The molecular formula is C11H14BrNO2. The predicted octanol–water partition coefficient (Wildman–Crippen LogP) is 3.36. The van der Waals surface area contributed by atoms with Gasteiger partial charge in [0, 0.05) is 16.7 Å². The van der Waals surface area contributed by atoms with Crippen LogP contribution in [0.4, 0.5) is 5.69 Å². The molecule has 1 rings (SSSR count). The zero-order chi connectivity index (χ0) is 11.3. The van der Waals surface area contributed by atoms with E-state index in [0.29, 0.717) is 11.3 Å². The van der Waals surface area contributed by atoms with Crippen molar-refractivity contribution in [2.24, 2.45) is 0 Å². The number of hydrogen-bond acceptors (Lipinski definition) is 2. The standard InChI is InChI=1S/C11H14BrNO2/c1-2-3-6-13-10-7-8(12)4-5-9(10)11(14)15/h4-5,7,13H,2-3,6H2,1H3,(H,14,15). The molecule has 0 radical (unpaired) electrons. The maximum Gasteiger partial charge on any atom is 0.337 e. The topological polar surface area (TPSA) is 49.3 Å². The zero-order valence-corrected chi connectivity index (χ0v) is 10.2. The van der Waals surface area contributed by atoms with E-state index in [1.807, 2.05) is 0 Å². The van der Waals surface area contributed by atoms with E-state index in [0.717, 1.165) is 23.9 Å². The van der Waals surface area contributed by atoms with Crippen LogP contribution in [0.5, 0.6) is 0 Å². The Labute approximate surface area is 97.6 Å². The first-order valence-electron chi connectivity index (χ1n) is 4.92. The Morgan fingerprint density at radius 1 is 1.53 bits per heavy atom. The van der Waals surface area contributed by atoms with Crippen LogP contribution in [0.3, 0.4) is 0 Å². The second kappa shape index (κ2) is 5.75. The van der Waals surface area contributed by atoms with E-state index in [2.05, 4.69) is 28.2 Å². The zero-order valence-electron chi connectivity index (χ0n) is 8.59. The third-order valence-electron chi connectivity index (χ3n) is 2.06. The average molecular weight is 272 g/mol. The molecule has 3 nitrogen and oxygen atoms in total. The number of halogens is 1. The van der Waals surface area contributed by atoms with Gasteiger partial charge in [-0.05, 0) is 24.6 Å². The van der Waals surface area contributed by atoms with Gasteiger partial charge in [0.1, 0.15) is 0 Å². The van der Waals surface area contributed by atoms with Crippen LogP contribution in [0, 0.1) is 0 Å². The molecule has 0 bridgehead atoms. The maximum absolute atomic E-state index is 10.9. The van der Waals surface area contributed by atoms with Gasteiger partial charge in [-0.25, -0.2) is 4.79 Å². The van der Waals surface area contributed by atoms with Crippen molar-refractivity contribution in [2.45, 2.75) is 19.8 Å². The smallest absolute Gasteiger partial charge is 0.337 e. The van der Waals surface area contributed by atoms with Crippen LogP contribution in [0.2, 0.25) is 0 Å². The number of unbranched alkanes of at least 4 members (excludes halogenated alkanes) is 1. The van der Waals surface area contributed by atoms with E-state index in [1.54, 1.807) is 18.2 Å². The summed E-state index contributed by atoms with van der Waals surface area (Å²) in [4.78, 5) is 10.9. The Balaban J connectivity index is 2.82. The molecule has 0 saturated heterocycles. The van der Waals surface area contributed by atoms with Gasteiger partial charge in [-0.1, -0.05) is 29.3 Å². The molecule has 0 aliphatic rings. The largest absolute Gasteiger partial charge is 0.478 e. The van der Waals surface area contributed by atoms with E-state index < -0.39 is 5.97 Å². The van der Waals surface area contributed by atoms with Crippen LogP contribution in [0.25, 0.3) is 0 Å². The van der Waals surface area contributed by atoms with Crippen molar-refractivity contribution in [3.8, 4) is 0 Å². The highest BCUT2D eigenvalue weighted by molar-refractivity contribution is 9.10. The van der Waals surface area contributed by atoms with E-state index in [1.165, 1.54) is 0 Å². The van der Waals surface area contributed by atoms with E-state index >= 15 is 0 Å². The molecule has 0 saturated carbocycles. The number of carbonyl (C=O) groups is 1. The van der Waals surface area contributed by atoms with Crippen molar-refractivity contribution < 1.29 is 9.90 Å². The van der Waals surface area contributed by atoms with Crippen LogP contribution in [0.15, 0.2) is 22.7 Å². The summed E-state index contributed by atoms with van der Waals surface area (Å²) in [7, 11) is 0. The van der Waals surface area contributed by atoms with Crippen molar-refractivity contribution >= 4 is 27.6 Å². The molecular weight excluding hydrogens is 258 g/mol. The fraction of sp³-hybridized carbons (Fsp3) is 0.364. The number of benzene rings is 1. The van der Waals surface area contributed by atoms with Gasteiger partial charge in [0.25, 0.3) is 0 Å². The third kappa shape index (κ3) is 3.55. The Bertz CT molecular complexity index is 352. The summed E-state index contributed by atoms with van der Waals surface area (Å²) in [6.07, 6.45) is 2.12. The summed E-state index contributed by atoms with van der Waals surface area (Å²) >= 11 is 3.32. The van der Waals surface area contributed by atoms with Crippen molar-refractivity contribution in [2.75, 3.05) is 11.9 Å². The number of carboxylic acid groups (broad SMARTS) is 1. The Hall–Kier alpha value is -1.03. The highest BCUT2D eigenvalue weighted by Gasteiger charge is 2.09. The molecule has 0 fully saturated rings. The molecule has 0 atom stereocenters. The first-order valence-corrected chi connectivity index (χ1v) is 5.71. The molecule has 15 heavy (non-hydrogen) atoms. The Kier molecular flexibility index (Phi) is 4.62. The van der Waals surface area contributed by atoms with Gasteiger partial charge in [0.15, 0.2) is 0 Å². The molecule has 4 heteroatoms. The molecule has 0 spiro atoms. The number of nitrogens with one attached hydrogen (secondary N) is 1. The summed E-state index contributed by atoms with van der Waals surface area (Å²) in [5.74, 6) is -0.901. The molecule has 1 aromatic carbocycles. The summed E-state index contributed by atoms with van der Waals surface area (Å²) < 4.78 is 0.881. The lowest BCUT2D eigenvalue weighted by Crippen LogP contribution is -2.07. The molecule has 0 aliphatic carbocycles. The predicted molar refractivity (Wildman–Crippen MR) is 64.5 cm³/mol. The van der Waals surface area contributed by atoms with Gasteiger partial charge < -0.3 is 10.4 Å². The van der Waals surface area contributed by atoms with Crippen LogP contribution in [0.1, 0.15) is 30.1 Å². The number of hydrogen-bond donors (Lipinski definition) is 2. The minimum Gasteiger partial charge on any atom is -0.478 e. The number of anilines is 1. The van der Waals surface area contributed by atoms with Crippen LogP contribution < -0.4 is 5.32 Å². The van der Waals surface area contributed by atoms with Crippen molar-refractivity contribution in [3.63, 3.8) is 0 Å². The monoisotopic (exact) mass is 271 g/mol. The Morgan fingerprint density at radius 3 is 2.87 bits per heavy atom. The average Bonchev–Trinajstić information content (AvgIpc) is 2.18. The SMILES string of the molecule is CCCCNc1cc(Br)ccc1C(=O)O. The van der Waals surface area contributed by atoms with Crippen molar-refractivity contribution in [1.82, 2.24) is 0 Å². The number of carboxylic acids is 1. The minimum absolute atomic E-state index is 0.314. The fourth-order valence-corrected chi connectivity index (χ4v) is 1.61. The van der Waals surface area contributed by atoms with E-state index in [4.69, 9.17) is 5.11 Å². The molecule has 0 unspecified atom stereocenters. The Morgan fingerprint density at radius 2 is 2.27 bits per heavy atom. The second-order valence-corrected chi connectivity index (χ2v) is 4.19. The molecule has 1 aromatic rings. The maximum atomic E-state index is 10.9. The third-order valence-corrected chi connectivity index (χ3v) is 2.55. The highest BCUT2D eigenvalue weighted by atomic mass is 79.9. The van der Waals surface area contributed by atoms with Crippen LogP contribution >= 0.6 is 15.9 Å². The van der Waals surface area contributed by atoms with Crippen molar-refractivity contribution in [1.29, 1.82) is 0 Å². The summed E-state index contributed by atoms with van der Waals surface area (Å²) in [5, 5.41) is 12.1. The van der Waals surface area contributed by atoms with E-state index in [9.17, 15) is 4.79 Å². The van der Waals surface area contributed by atoms with Gasteiger partial charge in [-0.15, -0.1) is 0 Å². The first-order chi connectivity index (χ1) is 7.15. The normalized spacial score (nSPS) is 10.0. The minimum atomic E-state index is -0.901. The lowest BCUT2D eigenvalue weighted by atomic mass is 10.2. The molecule has 0 heterocycles. The van der Waals surface area contributed by atoms with Gasteiger partial charge in [0.05, 0.1) is 5.56 Å². The quantitative estimate of drug-likeness (QED) is 0.808. The van der Waals surface area contributed by atoms with Gasteiger partial charge >= 0.3 is 5.97 Å². The molecule has 82 valence electrons. The summed E-state index contributed by atoms with van der Waals surface area (Å²) in [5.41, 5.74) is 0.986. The van der Waals surface area contributed by atoms with Crippen molar-refractivity contribution in [3.05, 3.63) is 28.2 Å². The van der Waals surface area contributed by atoms with Crippen LogP contribution in [-0.2, 0) is 0 Å². The second-order valence-electron chi connectivity index (χ2n) is 3.28. The molecule has 0 amide bonds. The molecule has 0 aromatic heterocycles. The number of aromatic carboxylic acids is 1. The fourth-order valence-electron chi connectivity index (χ4n) is 1.25. The van der Waals surface area contributed by atoms with Gasteiger partial charge in [0.2, 0.25) is 0 Å². The van der Waals surface area contributed by atoms with Gasteiger partial charge in [-0.3, -0.25) is 0 Å². The summed E-state index contributed by atoms with van der Waals surface area (Å²) in [6, 6.07) is 5.12. The van der Waals surface area contributed by atoms with Crippen LogP contribution in [-0.4, -0.2) is 17.6 Å². The lowest BCUT2D eigenvalue weighted by Gasteiger charge is -2.09. The molecule has 0 aliphatic heterocycles. The van der Waals surface area contributed by atoms with Gasteiger partial charge in [-0.2, -0.15) is 0 Å². The number of rotatable bonds is 5. The lowest BCUT2D eigenvalue weighted by molar-refractivity contribution is 0.0698. The molecule has 2 N–H and O–H groups in total. The first kappa shape index (κ1) is 12.0.